The molecule has 2 N–H and O–H groups in total. The third kappa shape index (κ3) is 6.41. The quantitative estimate of drug-likeness (QED) is 0.208. The molecule has 4 rings (SSSR count). The zero-order chi connectivity index (χ0) is 28.8. The van der Waals surface area contributed by atoms with E-state index in [9.17, 15) is 23.6 Å². The van der Waals surface area contributed by atoms with Crippen molar-refractivity contribution in [2.45, 2.75) is 13.5 Å². The molecule has 3 aromatic rings. The topological polar surface area (TPSA) is 136 Å². The number of halogens is 2. The number of carbonyl (C=O) groups is 4. The van der Waals surface area contributed by atoms with Gasteiger partial charge in [-0.05, 0) is 55.0 Å². The third-order valence-corrected chi connectivity index (χ3v) is 5.74. The van der Waals surface area contributed by atoms with Crippen molar-refractivity contribution in [3.63, 3.8) is 0 Å². The number of hydrogen-bond donors (Lipinski definition) is 2. The van der Waals surface area contributed by atoms with Crippen molar-refractivity contribution >= 4 is 47.2 Å². The molecule has 0 atom stereocenters. The molecule has 2 aromatic carbocycles. The Labute approximate surface area is 232 Å². The van der Waals surface area contributed by atoms with Gasteiger partial charge in [0, 0.05) is 0 Å². The third-order valence-electron chi connectivity index (χ3n) is 5.46. The Bertz CT molecular complexity index is 1500. The van der Waals surface area contributed by atoms with E-state index >= 15 is 0 Å². The average molecular weight is 572 g/mol. The molecule has 0 unspecified atom stereocenters. The minimum Gasteiger partial charge on any atom is -0.490 e. The van der Waals surface area contributed by atoms with Gasteiger partial charge in [-0.25, -0.2) is 14.0 Å². The van der Waals surface area contributed by atoms with Gasteiger partial charge in [0.25, 0.3) is 11.8 Å². The number of hydrogen-bond acceptors (Lipinski definition) is 8. The van der Waals surface area contributed by atoms with Crippen molar-refractivity contribution in [3.05, 3.63) is 82.2 Å². The second kappa shape index (κ2) is 12.3. The van der Waals surface area contributed by atoms with Gasteiger partial charge in [0.15, 0.2) is 18.1 Å². The lowest BCUT2D eigenvalue weighted by Gasteiger charge is -2.15. The van der Waals surface area contributed by atoms with E-state index in [1.54, 1.807) is 13.0 Å². The number of nitrogens with zero attached hydrogens (tertiary/aromatic N) is 1. The molecule has 0 bridgehead atoms. The molecular formula is C27H23ClFN3O8. The summed E-state index contributed by atoms with van der Waals surface area (Å²) in [4.78, 5) is 50.2. The van der Waals surface area contributed by atoms with Crippen LogP contribution in [0.4, 0.5) is 14.9 Å². The first-order valence-corrected chi connectivity index (χ1v) is 12.2. The second-order valence-electron chi connectivity index (χ2n) is 8.22. The van der Waals surface area contributed by atoms with E-state index < -0.39 is 36.2 Å². The Morgan fingerprint density at radius 2 is 1.93 bits per heavy atom. The van der Waals surface area contributed by atoms with Crippen molar-refractivity contribution in [3.8, 4) is 11.5 Å². The normalized spacial score (nSPS) is 13.8. The zero-order valence-electron chi connectivity index (χ0n) is 21.3. The van der Waals surface area contributed by atoms with Crippen LogP contribution in [0.25, 0.3) is 6.08 Å². The van der Waals surface area contributed by atoms with Crippen LogP contribution in [-0.2, 0) is 20.9 Å². The summed E-state index contributed by atoms with van der Waals surface area (Å²) in [6.45, 7) is 1.26. The zero-order valence-corrected chi connectivity index (χ0v) is 22.0. The number of furan rings is 1. The fourth-order valence-corrected chi connectivity index (χ4v) is 3.95. The van der Waals surface area contributed by atoms with E-state index in [4.69, 9.17) is 25.5 Å². The van der Waals surface area contributed by atoms with E-state index in [1.165, 1.54) is 55.7 Å². The van der Waals surface area contributed by atoms with Gasteiger partial charge in [-0.15, -0.1) is 0 Å². The van der Waals surface area contributed by atoms with Gasteiger partial charge in [0.05, 0.1) is 31.0 Å². The van der Waals surface area contributed by atoms with Crippen LogP contribution in [0.2, 0.25) is 5.02 Å². The number of methoxy groups -OCH3 is 1. The van der Waals surface area contributed by atoms with Crippen molar-refractivity contribution in [1.82, 2.24) is 10.2 Å². The molecule has 0 aliphatic carbocycles. The van der Waals surface area contributed by atoms with E-state index in [2.05, 4.69) is 15.4 Å². The van der Waals surface area contributed by atoms with E-state index in [0.29, 0.717) is 5.56 Å². The van der Waals surface area contributed by atoms with Crippen LogP contribution in [-0.4, -0.2) is 49.0 Å². The van der Waals surface area contributed by atoms with Crippen LogP contribution in [0.3, 0.4) is 0 Å². The van der Waals surface area contributed by atoms with Crippen molar-refractivity contribution in [2.75, 3.05) is 25.6 Å². The molecule has 13 heteroatoms. The highest BCUT2D eigenvalue weighted by atomic mass is 35.5. The summed E-state index contributed by atoms with van der Waals surface area (Å²) in [5.74, 6) is -2.16. The number of rotatable bonds is 10. The molecule has 4 amide bonds. The number of ether oxygens (including phenoxy) is 3. The van der Waals surface area contributed by atoms with Crippen molar-refractivity contribution in [1.29, 1.82) is 0 Å². The molecule has 11 nitrogen and oxygen atoms in total. The SMILES string of the molecule is CCOc1cc(/C=C2\NC(=O)N(Cc3ccc(C(=O)OC)o3)C2=O)cc(Cl)c1OCC(=O)Nc1ccccc1F. The molecule has 1 saturated heterocycles. The number of para-hydroxylation sites is 1. The van der Waals surface area contributed by atoms with E-state index in [-0.39, 0.29) is 52.6 Å². The number of carbonyl (C=O) groups excluding carboxylic acids is 4. The molecule has 1 aromatic heterocycles. The summed E-state index contributed by atoms with van der Waals surface area (Å²) in [6, 6.07) is 10.8. The highest BCUT2D eigenvalue weighted by Crippen LogP contribution is 2.37. The Kier molecular flexibility index (Phi) is 8.70. The van der Waals surface area contributed by atoms with Gasteiger partial charge in [-0.2, -0.15) is 0 Å². The second-order valence-corrected chi connectivity index (χ2v) is 8.62. The number of benzene rings is 2. The number of nitrogens with one attached hydrogen (secondary N) is 2. The highest BCUT2D eigenvalue weighted by Gasteiger charge is 2.34. The summed E-state index contributed by atoms with van der Waals surface area (Å²) < 4.78 is 34.9. The Morgan fingerprint density at radius 1 is 1.15 bits per heavy atom. The summed E-state index contributed by atoms with van der Waals surface area (Å²) in [5, 5.41) is 4.96. The van der Waals surface area contributed by atoms with Crippen LogP contribution in [0.5, 0.6) is 11.5 Å². The van der Waals surface area contributed by atoms with Gasteiger partial charge in [-0.1, -0.05) is 23.7 Å². The van der Waals surface area contributed by atoms with E-state index in [0.717, 1.165) is 4.90 Å². The molecule has 1 fully saturated rings. The number of esters is 1. The Balaban J connectivity index is 1.48. The van der Waals surface area contributed by atoms with Gasteiger partial charge in [-0.3, -0.25) is 14.5 Å². The predicted molar refractivity (Wildman–Crippen MR) is 140 cm³/mol. The maximum Gasteiger partial charge on any atom is 0.373 e. The minimum absolute atomic E-state index is 0.00229. The van der Waals surface area contributed by atoms with Crippen LogP contribution in [0.15, 0.2) is 58.6 Å². The monoisotopic (exact) mass is 571 g/mol. The Morgan fingerprint density at radius 3 is 2.65 bits per heavy atom. The summed E-state index contributed by atoms with van der Waals surface area (Å²) in [5.41, 5.74) is 0.358. The van der Waals surface area contributed by atoms with Crippen LogP contribution >= 0.6 is 11.6 Å². The lowest BCUT2D eigenvalue weighted by molar-refractivity contribution is -0.123. The molecule has 1 aliphatic heterocycles. The fourth-order valence-electron chi connectivity index (χ4n) is 3.67. The first-order valence-electron chi connectivity index (χ1n) is 11.8. The molecule has 208 valence electrons. The van der Waals surface area contributed by atoms with Gasteiger partial charge >= 0.3 is 12.0 Å². The Hall–Kier alpha value is -4.84. The number of imide groups is 1. The number of amides is 4. The lowest BCUT2D eigenvalue weighted by atomic mass is 10.1. The predicted octanol–water partition coefficient (Wildman–Crippen LogP) is 4.37. The highest BCUT2D eigenvalue weighted by molar-refractivity contribution is 6.32. The van der Waals surface area contributed by atoms with Crippen LogP contribution in [0.1, 0.15) is 28.8 Å². The standard InChI is InChI=1S/C27H23ClFN3O8/c1-3-38-22-12-15(10-17(28)24(22)39-14-23(33)30-19-7-5-4-6-18(19)29)11-20-25(34)32(27(36)31-20)13-16-8-9-21(40-16)26(35)37-2/h4-12H,3,13-14H2,1-2H3,(H,30,33)(H,31,36)/b20-11-. The molecule has 40 heavy (non-hydrogen) atoms. The number of urea groups is 1. The first-order chi connectivity index (χ1) is 19.2. The molecule has 0 saturated carbocycles. The van der Waals surface area contributed by atoms with Gasteiger partial charge < -0.3 is 29.3 Å². The maximum absolute atomic E-state index is 13.8. The van der Waals surface area contributed by atoms with Gasteiger partial charge in [0.2, 0.25) is 5.76 Å². The summed E-state index contributed by atoms with van der Waals surface area (Å²) >= 11 is 6.41. The van der Waals surface area contributed by atoms with Crippen LogP contribution < -0.4 is 20.1 Å². The molecule has 0 spiro atoms. The minimum atomic E-state index is -0.691. The maximum atomic E-state index is 13.8. The average Bonchev–Trinajstić information content (AvgIpc) is 3.49. The lowest BCUT2D eigenvalue weighted by Crippen LogP contribution is -2.30. The summed E-state index contributed by atoms with van der Waals surface area (Å²) in [6.07, 6.45) is 1.39. The number of anilines is 1. The van der Waals surface area contributed by atoms with Crippen LogP contribution in [0, 0.1) is 5.82 Å². The largest absolute Gasteiger partial charge is 0.490 e. The van der Waals surface area contributed by atoms with Crippen molar-refractivity contribution in [2.24, 2.45) is 0 Å². The molecule has 1 aliphatic rings. The van der Waals surface area contributed by atoms with Crippen molar-refractivity contribution < 1.29 is 42.2 Å². The molecule has 0 radical (unpaired) electrons. The fraction of sp³-hybridized carbons (Fsp3) is 0.185. The molecular weight excluding hydrogens is 549 g/mol. The summed E-state index contributed by atoms with van der Waals surface area (Å²) in [7, 11) is 1.20. The van der Waals surface area contributed by atoms with E-state index in [1.807, 2.05) is 0 Å². The first kappa shape index (κ1) is 28.2. The molecule has 2 heterocycles. The smallest absolute Gasteiger partial charge is 0.373 e. The van der Waals surface area contributed by atoms with Gasteiger partial charge in [0.1, 0.15) is 17.3 Å².